The molecule has 6 nitrogen and oxygen atoms in total. The van der Waals surface area contributed by atoms with Gasteiger partial charge in [0.25, 0.3) is 0 Å². The van der Waals surface area contributed by atoms with E-state index in [1.165, 1.54) is 70.6 Å². The lowest BCUT2D eigenvalue weighted by molar-refractivity contribution is -0.161. The summed E-state index contributed by atoms with van der Waals surface area (Å²) in [5, 5.41) is 0. The van der Waals surface area contributed by atoms with Gasteiger partial charge in [0.2, 0.25) is 6.29 Å². The summed E-state index contributed by atoms with van der Waals surface area (Å²) >= 11 is 0. The molecule has 1 N–H and O–H groups in total. The van der Waals surface area contributed by atoms with E-state index < -0.39 is 20.1 Å². The van der Waals surface area contributed by atoms with Crippen LogP contribution in [0.3, 0.4) is 0 Å². The second-order valence-electron chi connectivity index (χ2n) is 8.41. The van der Waals surface area contributed by atoms with Gasteiger partial charge in [-0.1, -0.05) is 84.0 Å². The number of phosphoric acid groups is 1. The van der Waals surface area contributed by atoms with Gasteiger partial charge < -0.3 is 9.63 Å². The Balaban J connectivity index is 1.31. The molecule has 28 heavy (non-hydrogen) atoms. The summed E-state index contributed by atoms with van der Waals surface area (Å²) in [6, 6.07) is 0. The molecule has 1 saturated heterocycles. The number of esters is 1. The first-order valence-corrected chi connectivity index (χ1v) is 12.8. The van der Waals surface area contributed by atoms with Crippen LogP contribution < -0.4 is 0 Å². The second-order valence-corrected chi connectivity index (χ2v) is 9.81. The van der Waals surface area contributed by atoms with Crippen LogP contribution in [0.1, 0.15) is 103 Å². The van der Waals surface area contributed by atoms with Gasteiger partial charge in [0, 0.05) is 6.42 Å². The van der Waals surface area contributed by atoms with Crippen LogP contribution in [0.5, 0.6) is 0 Å². The second kappa shape index (κ2) is 13.0. The van der Waals surface area contributed by atoms with Gasteiger partial charge in [-0.05, 0) is 24.7 Å². The molecule has 0 radical (unpaired) electrons. The number of hydrogen-bond acceptors (Lipinski definition) is 5. The molecule has 4 unspecified atom stereocenters. The van der Waals surface area contributed by atoms with Gasteiger partial charge in [-0.3, -0.25) is 9.32 Å². The van der Waals surface area contributed by atoms with E-state index in [2.05, 4.69) is 16.0 Å². The largest absolute Gasteiger partial charge is 0.475 e. The summed E-state index contributed by atoms with van der Waals surface area (Å²) in [4.78, 5) is 20.7. The van der Waals surface area contributed by atoms with E-state index in [1.54, 1.807) is 0 Å². The molecule has 0 aromatic heterocycles. The van der Waals surface area contributed by atoms with Gasteiger partial charge >= 0.3 is 13.8 Å². The van der Waals surface area contributed by atoms with Crippen molar-refractivity contribution in [2.75, 3.05) is 6.61 Å². The van der Waals surface area contributed by atoms with Crippen molar-refractivity contribution >= 4 is 13.8 Å². The lowest BCUT2D eigenvalue weighted by atomic mass is 10.0. The van der Waals surface area contributed by atoms with E-state index >= 15 is 0 Å². The van der Waals surface area contributed by atoms with E-state index in [1.807, 2.05) is 0 Å². The zero-order valence-electron chi connectivity index (χ0n) is 17.5. The highest BCUT2D eigenvalue weighted by molar-refractivity contribution is 7.47. The highest BCUT2D eigenvalue weighted by atomic mass is 31.2. The first kappa shape index (κ1) is 23.9. The molecular formula is C21H39O6P. The number of rotatable bonds is 16. The molecule has 0 spiro atoms. The highest BCUT2D eigenvalue weighted by Gasteiger charge is 2.37. The molecule has 1 aliphatic heterocycles. The summed E-state index contributed by atoms with van der Waals surface area (Å²) in [5.74, 6) is 1.67. The van der Waals surface area contributed by atoms with E-state index in [-0.39, 0.29) is 6.61 Å². The first-order chi connectivity index (χ1) is 13.5. The summed E-state index contributed by atoms with van der Waals surface area (Å²) in [6.07, 6.45) is 17.4. The number of carbonyl (C=O) groups is 1. The van der Waals surface area contributed by atoms with Crippen molar-refractivity contribution in [2.24, 2.45) is 11.8 Å². The van der Waals surface area contributed by atoms with Crippen molar-refractivity contribution in [2.45, 2.75) is 110 Å². The van der Waals surface area contributed by atoms with Crippen molar-refractivity contribution in [3.05, 3.63) is 0 Å². The molecule has 1 saturated carbocycles. The molecule has 0 aromatic carbocycles. The topological polar surface area (TPSA) is 82.1 Å². The zero-order chi connectivity index (χ0) is 20.2. The van der Waals surface area contributed by atoms with Crippen LogP contribution in [0.25, 0.3) is 0 Å². The van der Waals surface area contributed by atoms with Crippen LogP contribution in [0.4, 0.5) is 0 Å². The van der Waals surface area contributed by atoms with Crippen molar-refractivity contribution < 1.29 is 28.0 Å². The third-order valence-corrected chi connectivity index (χ3v) is 6.82. The molecule has 2 aliphatic rings. The fourth-order valence-electron chi connectivity index (χ4n) is 4.04. The Morgan fingerprint density at radius 3 is 2.11 bits per heavy atom. The third kappa shape index (κ3) is 10.4. The van der Waals surface area contributed by atoms with Crippen molar-refractivity contribution in [1.29, 1.82) is 0 Å². The molecule has 4 atom stereocenters. The monoisotopic (exact) mass is 418 g/mol. The van der Waals surface area contributed by atoms with Gasteiger partial charge in [-0.25, -0.2) is 9.09 Å². The smallest absolute Gasteiger partial charge is 0.433 e. The van der Waals surface area contributed by atoms with Gasteiger partial charge in [0.15, 0.2) is 0 Å². The normalized spacial score (nSPS) is 29.1. The number of phosphoric ester groups is 1. The Morgan fingerprint density at radius 2 is 1.54 bits per heavy atom. The average molecular weight is 419 g/mol. The summed E-state index contributed by atoms with van der Waals surface area (Å²) in [7, 11) is -4.00. The highest BCUT2D eigenvalue weighted by Crippen LogP contribution is 2.49. The van der Waals surface area contributed by atoms with Crippen LogP contribution in [-0.2, 0) is 23.1 Å². The molecule has 1 aliphatic carbocycles. The van der Waals surface area contributed by atoms with E-state index in [9.17, 15) is 9.36 Å². The van der Waals surface area contributed by atoms with Crippen LogP contribution >= 0.6 is 7.82 Å². The van der Waals surface area contributed by atoms with Crippen molar-refractivity contribution in [3.63, 3.8) is 0 Å². The van der Waals surface area contributed by atoms with E-state index in [4.69, 9.17) is 9.63 Å². The minimum atomic E-state index is -4.00. The zero-order valence-corrected chi connectivity index (χ0v) is 18.4. The number of unbranched alkanes of at least 4 members (excludes halogenated alkanes) is 9. The molecule has 164 valence electrons. The number of carbonyl (C=O) groups excluding carboxylic acids is 1. The minimum Gasteiger partial charge on any atom is -0.433 e. The predicted octanol–water partition coefficient (Wildman–Crippen LogP) is 6.12. The molecule has 2 fully saturated rings. The number of ether oxygens (including phenoxy) is 1. The van der Waals surface area contributed by atoms with Crippen LogP contribution in [0.15, 0.2) is 0 Å². The predicted molar refractivity (Wildman–Crippen MR) is 109 cm³/mol. The minimum absolute atomic E-state index is 0.181. The standard InChI is InChI=1S/C21H39O6P/c1-2-3-4-10-13-18-16-19(18)14-11-8-6-5-7-9-12-15-20(22)26-21-17-25-28(23,24)27-21/h18-19,21H,2-17H2,1H3,(H,23,24). The maximum atomic E-state index is 11.6. The Kier molecular flexibility index (Phi) is 11.1. The Bertz CT molecular complexity index is 497. The fraction of sp³-hybridized carbons (Fsp3) is 0.952. The third-order valence-electron chi connectivity index (χ3n) is 5.84. The Hall–Kier alpha value is -0.420. The fourth-order valence-corrected chi connectivity index (χ4v) is 4.81. The number of hydrogen-bond donors (Lipinski definition) is 1. The van der Waals surface area contributed by atoms with Crippen molar-refractivity contribution in [3.8, 4) is 0 Å². The molecule has 2 rings (SSSR count). The lowest BCUT2D eigenvalue weighted by Gasteiger charge is -2.09. The van der Waals surface area contributed by atoms with Gasteiger partial charge in [0.05, 0.1) is 0 Å². The van der Waals surface area contributed by atoms with Gasteiger partial charge in [-0.15, -0.1) is 0 Å². The molecule has 1 heterocycles. The lowest BCUT2D eigenvalue weighted by Crippen LogP contribution is -2.19. The molecule has 0 amide bonds. The maximum absolute atomic E-state index is 11.6. The Labute approximate surface area is 170 Å². The summed E-state index contributed by atoms with van der Waals surface area (Å²) in [5.41, 5.74) is 0. The molecule has 7 heteroatoms. The maximum Gasteiger partial charge on any atom is 0.475 e. The van der Waals surface area contributed by atoms with Gasteiger partial charge in [-0.2, -0.15) is 0 Å². The first-order valence-electron chi connectivity index (χ1n) is 11.4. The average Bonchev–Trinajstić information content (AvgIpc) is 3.31. The SMILES string of the molecule is CCCCCCC1CC1CCCCCCCCCC(=O)OC1COP(=O)(O)O1. The quantitative estimate of drug-likeness (QED) is 0.185. The van der Waals surface area contributed by atoms with Gasteiger partial charge in [0.1, 0.15) is 6.61 Å². The summed E-state index contributed by atoms with van der Waals surface area (Å²) < 4.78 is 25.1. The van der Waals surface area contributed by atoms with Crippen LogP contribution in [-0.4, -0.2) is 23.8 Å². The molecule has 0 aromatic rings. The van der Waals surface area contributed by atoms with Crippen LogP contribution in [0, 0.1) is 11.8 Å². The Morgan fingerprint density at radius 1 is 0.964 bits per heavy atom. The van der Waals surface area contributed by atoms with Crippen molar-refractivity contribution in [1.82, 2.24) is 0 Å². The van der Waals surface area contributed by atoms with Crippen LogP contribution in [0.2, 0.25) is 0 Å². The summed E-state index contributed by atoms with van der Waals surface area (Å²) in [6.45, 7) is 2.09. The molecular weight excluding hydrogens is 379 g/mol. The van der Waals surface area contributed by atoms with E-state index in [0.717, 1.165) is 31.1 Å². The molecule has 0 bridgehead atoms. The van der Waals surface area contributed by atoms with E-state index in [0.29, 0.717) is 6.42 Å².